The molecule has 56 heavy (non-hydrogen) atoms. The fourth-order valence-electron chi connectivity index (χ4n) is 7.08. The van der Waals surface area contributed by atoms with Crippen LogP contribution in [-0.2, 0) is 35.1 Å². The summed E-state index contributed by atoms with van der Waals surface area (Å²) >= 11 is 8.25. The number of phenols is 1. The van der Waals surface area contributed by atoms with Gasteiger partial charge < -0.3 is 40.6 Å². The fourth-order valence-corrected chi connectivity index (χ4v) is 8.84. The average molecular weight is 817 g/mol. The van der Waals surface area contributed by atoms with Crippen LogP contribution in [0.25, 0.3) is 0 Å². The van der Waals surface area contributed by atoms with E-state index in [1.165, 1.54) is 6.08 Å². The van der Waals surface area contributed by atoms with Crippen LogP contribution in [0.2, 0.25) is 5.02 Å². The van der Waals surface area contributed by atoms with Gasteiger partial charge in [-0.3, -0.25) is 19.2 Å². The van der Waals surface area contributed by atoms with Crippen molar-refractivity contribution in [2.24, 2.45) is 0 Å². The van der Waals surface area contributed by atoms with Crippen LogP contribution in [0.3, 0.4) is 0 Å². The number of hydrogen-bond donors (Lipinski definition) is 5. The Morgan fingerprint density at radius 3 is 2.38 bits per heavy atom. The highest BCUT2D eigenvalue weighted by molar-refractivity contribution is 8.00. The number of ketones is 1. The van der Waals surface area contributed by atoms with Crippen LogP contribution in [0.5, 0.6) is 11.5 Å². The Hall–Kier alpha value is -4.08. The number of nitrogens with one attached hydrogen (secondary N) is 4. The number of carbonyl (C=O) groups excluding carboxylic acids is 6. The van der Waals surface area contributed by atoms with Gasteiger partial charge in [0.2, 0.25) is 11.8 Å². The number of thioether (sulfide) groups is 1. The van der Waals surface area contributed by atoms with Gasteiger partial charge in [0.15, 0.2) is 5.78 Å². The molecular weight excluding hydrogens is 764 g/mol. The van der Waals surface area contributed by atoms with E-state index >= 15 is 0 Å². The molecule has 6 atom stereocenters. The third-order valence-electron chi connectivity index (χ3n) is 10.1. The zero-order valence-electron chi connectivity index (χ0n) is 31.8. The molecule has 0 saturated carbocycles. The number of halogens is 1. The number of fused-ring (bicyclic) bond motifs is 3. The third kappa shape index (κ3) is 13.3. The van der Waals surface area contributed by atoms with Gasteiger partial charge in [-0.15, -0.1) is 0 Å². The molecule has 14 nitrogen and oxygen atoms in total. The standard InChI is InChI=1S/C40H53ClN4O10S/c1-24-20-30-29(54-30)13-7-6-12-25(46)21-26-36(39(51)53-24)31(22-28(47)37(26)41)55-35(50)17-5-3-11-19-42-33(48)15-4-2-10-18-43-34(49)16-9-8-14-32-38-27(23-56-32)44-40(52)45-38/h6-7,12-13,22,24,27,29-30,32,38,47H,2-5,8-11,14-21,23H2,1H3,(H,42,48)(H,43,49)(H2,44,45,52)/b12-6+,13-7-/t24-,27?,29-,30-,32?,38?/m1/s1. The van der Waals surface area contributed by atoms with Gasteiger partial charge >= 0.3 is 18.0 Å². The van der Waals surface area contributed by atoms with E-state index in [0.717, 1.165) is 43.9 Å². The predicted octanol–water partition coefficient (Wildman–Crippen LogP) is 4.97. The molecule has 0 aromatic heterocycles. The Labute approximate surface area is 336 Å². The molecule has 4 aliphatic rings. The van der Waals surface area contributed by atoms with E-state index in [4.69, 9.17) is 25.8 Å². The largest absolute Gasteiger partial charge is 0.506 e. The second kappa shape index (κ2) is 21.4. The highest BCUT2D eigenvalue weighted by atomic mass is 35.5. The van der Waals surface area contributed by atoms with Crippen LogP contribution < -0.4 is 26.0 Å². The summed E-state index contributed by atoms with van der Waals surface area (Å²) in [5, 5.41) is 22.5. The highest BCUT2D eigenvalue weighted by Gasteiger charge is 2.42. The van der Waals surface area contributed by atoms with Gasteiger partial charge in [0, 0.05) is 67.8 Å². The van der Waals surface area contributed by atoms with Crippen molar-refractivity contribution in [1.82, 2.24) is 21.3 Å². The SMILES string of the molecule is C[C@@H]1C[C@H]2O[C@@H]2/C=C\C=C\C(=O)Cc2c(Cl)c(O)cc(OC(=O)CCCCCNC(=O)CCCCCNC(=O)CCCCC3SCC4NC(=O)NC43)c2C(=O)O1. The fraction of sp³-hybridized carbons (Fsp3) is 0.600. The number of phenolic OH excluding ortho intramolecular Hbond substituents is 1. The summed E-state index contributed by atoms with van der Waals surface area (Å²) in [7, 11) is 0. The van der Waals surface area contributed by atoms with Gasteiger partial charge in [0.05, 0.1) is 23.2 Å². The minimum Gasteiger partial charge on any atom is -0.506 e. The van der Waals surface area contributed by atoms with Crippen molar-refractivity contribution >= 4 is 58.9 Å². The van der Waals surface area contributed by atoms with Crippen LogP contribution in [0, 0.1) is 0 Å². The van der Waals surface area contributed by atoms with Crippen molar-refractivity contribution in [3.63, 3.8) is 0 Å². The van der Waals surface area contributed by atoms with E-state index in [-0.39, 0.29) is 76.9 Å². The molecule has 306 valence electrons. The lowest BCUT2D eigenvalue weighted by Gasteiger charge is -2.18. The number of epoxide rings is 1. The molecule has 4 aliphatic heterocycles. The summed E-state index contributed by atoms with van der Waals surface area (Å²) in [4.78, 5) is 75.0. The maximum atomic E-state index is 13.4. The molecule has 4 heterocycles. The lowest BCUT2D eigenvalue weighted by molar-refractivity contribution is -0.134. The summed E-state index contributed by atoms with van der Waals surface area (Å²) in [6.07, 6.45) is 13.4. The minimum absolute atomic E-state index is 0.000595. The van der Waals surface area contributed by atoms with E-state index in [0.29, 0.717) is 63.3 Å². The Bertz CT molecular complexity index is 1670. The average Bonchev–Trinajstić information content (AvgIpc) is 3.61. The molecule has 0 bridgehead atoms. The normalized spacial score (nSPS) is 25.3. The number of aromatic hydroxyl groups is 1. The Kier molecular flexibility index (Phi) is 16.5. The summed E-state index contributed by atoms with van der Waals surface area (Å²) < 4.78 is 16.8. The van der Waals surface area contributed by atoms with Crippen LogP contribution in [0.15, 0.2) is 30.4 Å². The first-order valence-corrected chi connectivity index (χ1v) is 21.1. The van der Waals surface area contributed by atoms with E-state index in [2.05, 4.69) is 21.3 Å². The Balaban J connectivity index is 0.928. The van der Waals surface area contributed by atoms with Gasteiger partial charge in [-0.1, -0.05) is 49.1 Å². The molecule has 3 unspecified atom stereocenters. The number of cyclic esters (lactones) is 1. The van der Waals surface area contributed by atoms with Gasteiger partial charge in [0.25, 0.3) is 0 Å². The zero-order chi connectivity index (χ0) is 40.0. The summed E-state index contributed by atoms with van der Waals surface area (Å²) in [6.45, 7) is 2.76. The number of unbranched alkanes of at least 4 members (excludes halogenated alkanes) is 5. The number of hydrogen-bond acceptors (Lipinski definition) is 11. The molecule has 3 saturated heterocycles. The number of esters is 2. The highest BCUT2D eigenvalue weighted by Crippen LogP contribution is 2.39. The number of ether oxygens (including phenoxy) is 3. The molecule has 3 fully saturated rings. The van der Waals surface area contributed by atoms with Crippen LogP contribution in [-0.4, -0.2) is 95.2 Å². The molecule has 5 rings (SSSR count). The molecular formula is C40H53ClN4O10S. The number of amides is 4. The third-order valence-corrected chi connectivity index (χ3v) is 12.1. The maximum Gasteiger partial charge on any atom is 0.342 e. The van der Waals surface area contributed by atoms with E-state index in [9.17, 15) is 33.9 Å². The Morgan fingerprint density at radius 1 is 0.946 bits per heavy atom. The molecule has 1 aromatic carbocycles. The molecule has 1 aromatic rings. The lowest BCUT2D eigenvalue weighted by atomic mass is 9.99. The van der Waals surface area contributed by atoms with Crippen LogP contribution >= 0.6 is 23.4 Å². The number of carbonyl (C=O) groups is 6. The van der Waals surface area contributed by atoms with Crippen molar-refractivity contribution < 1.29 is 48.1 Å². The molecule has 4 amide bonds. The second-order valence-electron chi connectivity index (χ2n) is 14.7. The van der Waals surface area contributed by atoms with Crippen molar-refractivity contribution in [3.8, 4) is 11.5 Å². The maximum absolute atomic E-state index is 13.4. The monoisotopic (exact) mass is 816 g/mol. The quantitative estimate of drug-likeness (QED) is 0.0441. The second-order valence-corrected chi connectivity index (χ2v) is 16.4. The van der Waals surface area contributed by atoms with Crippen LogP contribution in [0.4, 0.5) is 4.79 Å². The van der Waals surface area contributed by atoms with Crippen molar-refractivity contribution in [2.75, 3.05) is 18.8 Å². The number of allylic oxidation sites excluding steroid dienone is 3. The Morgan fingerprint density at radius 2 is 1.64 bits per heavy atom. The van der Waals surface area contributed by atoms with Crippen molar-refractivity contribution in [3.05, 3.63) is 46.5 Å². The first kappa shape index (κ1) is 43.1. The predicted molar refractivity (Wildman–Crippen MR) is 211 cm³/mol. The summed E-state index contributed by atoms with van der Waals surface area (Å²) in [5.41, 5.74) is -0.192. The molecule has 16 heteroatoms. The minimum atomic E-state index is -0.837. The van der Waals surface area contributed by atoms with E-state index < -0.39 is 29.6 Å². The first-order chi connectivity index (χ1) is 27.0. The van der Waals surface area contributed by atoms with Gasteiger partial charge in [-0.2, -0.15) is 11.8 Å². The first-order valence-electron chi connectivity index (χ1n) is 19.7. The molecule has 0 radical (unpaired) electrons. The smallest absolute Gasteiger partial charge is 0.342 e. The molecule has 5 N–H and O–H groups in total. The van der Waals surface area contributed by atoms with Gasteiger partial charge in [0.1, 0.15) is 29.3 Å². The van der Waals surface area contributed by atoms with Crippen LogP contribution in [0.1, 0.15) is 106 Å². The van der Waals surface area contributed by atoms with Crippen molar-refractivity contribution in [1.29, 1.82) is 0 Å². The van der Waals surface area contributed by atoms with Gasteiger partial charge in [-0.05, 0) is 51.5 Å². The zero-order valence-corrected chi connectivity index (χ0v) is 33.4. The number of urea groups is 1. The molecule has 0 aliphatic carbocycles. The molecule has 0 spiro atoms. The number of benzene rings is 1. The summed E-state index contributed by atoms with van der Waals surface area (Å²) in [5.74, 6) is -1.63. The van der Waals surface area contributed by atoms with Gasteiger partial charge in [-0.25, -0.2) is 9.59 Å². The van der Waals surface area contributed by atoms with Crippen molar-refractivity contribution in [2.45, 2.75) is 132 Å². The summed E-state index contributed by atoms with van der Waals surface area (Å²) in [6, 6.07) is 1.41. The van der Waals surface area contributed by atoms with E-state index in [1.54, 1.807) is 19.1 Å². The topological polar surface area (TPSA) is 202 Å². The lowest BCUT2D eigenvalue weighted by Crippen LogP contribution is -2.36. The van der Waals surface area contributed by atoms with E-state index in [1.807, 2.05) is 17.8 Å². The number of rotatable bonds is 18.